The van der Waals surface area contributed by atoms with Gasteiger partial charge >= 0.3 is 0 Å². The van der Waals surface area contributed by atoms with Crippen LogP contribution in [0.4, 0.5) is 5.82 Å². The van der Waals surface area contributed by atoms with E-state index in [9.17, 15) is 9.59 Å². The number of piperazine rings is 1. The zero-order valence-electron chi connectivity index (χ0n) is 16.9. The van der Waals surface area contributed by atoms with Crippen LogP contribution in [0.5, 0.6) is 0 Å². The van der Waals surface area contributed by atoms with E-state index in [0.29, 0.717) is 50.5 Å². The Balaban J connectivity index is 1.30. The third-order valence-electron chi connectivity index (χ3n) is 5.84. The van der Waals surface area contributed by atoms with Crippen molar-refractivity contribution in [1.29, 1.82) is 0 Å². The van der Waals surface area contributed by atoms with E-state index in [0.717, 1.165) is 24.6 Å². The van der Waals surface area contributed by atoms with Gasteiger partial charge in [-0.05, 0) is 30.7 Å². The Morgan fingerprint density at radius 2 is 1.93 bits per heavy atom. The summed E-state index contributed by atoms with van der Waals surface area (Å²) in [7, 11) is 0. The van der Waals surface area contributed by atoms with E-state index < -0.39 is 0 Å². The molecule has 158 valence electrons. The molecule has 0 aromatic carbocycles. The first kappa shape index (κ1) is 20.6. The van der Waals surface area contributed by atoms with Gasteiger partial charge in [-0.15, -0.1) is 0 Å². The molecule has 30 heavy (non-hydrogen) atoms. The van der Waals surface area contributed by atoms with Gasteiger partial charge in [0.05, 0.1) is 10.9 Å². The number of carbonyl (C=O) groups excluding carboxylic acids is 2. The molecule has 2 fully saturated rings. The molecular formula is C22H26ClN5O2. The van der Waals surface area contributed by atoms with Crippen LogP contribution in [0.15, 0.2) is 42.7 Å². The summed E-state index contributed by atoms with van der Waals surface area (Å²) in [6.07, 6.45) is 5.19. The molecule has 2 aromatic heterocycles. The van der Waals surface area contributed by atoms with Crippen molar-refractivity contribution in [2.45, 2.75) is 19.3 Å². The summed E-state index contributed by atoms with van der Waals surface area (Å²) in [6, 6.07) is 9.54. The Morgan fingerprint density at radius 3 is 2.63 bits per heavy atom. The van der Waals surface area contributed by atoms with Gasteiger partial charge in [-0.1, -0.05) is 17.7 Å². The molecule has 0 radical (unpaired) electrons. The van der Waals surface area contributed by atoms with Crippen molar-refractivity contribution in [3.63, 3.8) is 0 Å². The summed E-state index contributed by atoms with van der Waals surface area (Å²) >= 11 is 5.92. The Labute approximate surface area is 181 Å². The van der Waals surface area contributed by atoms with Crippen LogP contribution in [0.25, 0.3) is 0 Å². The molecule has 0 unspecified atom stereocenters. The Bertz CT molecular complexity index is 869. The summed E-state index contributed by atoms with van der Waals surface area (Å²) in [6.45, 7) is 3.94. The van der Waals surface area contributed by atoms with E-state index >= 15 is 0 Å². The highest BCUT2D eigenvalue weighted by atomic mass is 35.5. The van der Waals surface area contributed by atoms with Gasteiger partial charge in [-0.2, -0.15) is 0 Å². The highest BCUT2D eigenvalue weighted by molar-refractivity contribution is 6.30. The molecule has 8 heteroatoms. The van der Waals surface area contributed by atoms with Gasteiger partial charge < -0.3 is 14.7 Å². The number of halogens is 1. The molecular weight excluding hydrogens is 402 g/mol. The van der Waals surface area contributed by atoms with E-state index in [-0.39, 0.29) is 17.7 Å². The average Bonchev–Trinajstić information content (AvgIpc) is 2.79. The fourth-order valence-corrected chi connectivity index (χ4v) is 4.21. The molecule has 0 saturated carbocycles. The summed E-state index contributed by atoms with van der Waals surface area (Å²) in [5.41, 5.74) is 0.964. The number of nitrogens with zero attached hydrogens (tertiary/aromatic N) is 5. The number of rotatable bonds is 5. The molecule has 2 aliphatic rings. The van der Waals surface area contributed by atoms with Crippen molar-refractivity contribution in [2.75, 3.05) is 44.2 Å². The van der Waals surface area contributed by atoms with E-state index in [1.807, 2.05) is 40.1 Å². The first-order valence-corrected chi connectivity index (χ1v) is 10.8. The Hall–Kier alpha value is -2.67. The highest BCUT2D eigenvalue weighted by Gasteiger charge is 2.33. The molecule has 4 rings (SSSR count). The van der Waals surface area contributed by atoms with Crippen LogP contribution in [0, 0.1) is 5.92 Å². The van der Waals surface area contributed by atoms with Crippen molar-refractivity contribution in [3.05, 3.63) is 53.4 Å². The summed E-state index contributed by atoms with van der Waals surface area (Å²) in [4.78, 5) is 40.1. The van der Waals surface area contributed by atoms with Crippen LogP contribution >= 0.6 is 11.6 Å². The minimum Gasteiger partial charge on any atom is -0.353 e. The summed E-state index contributed by atoms with van der Waals surface area (Å²) < 4.78 is 0. The van der Waals surface area contributed by atoms with E-state index in [4.69, 9.17) is 11.6 Å². The zero-order chi connectivity index (χ0) is 20.9. The number of amides is 2. The SMILES string of the molecule is O=C1CC[C@H](C(=O)N2CCN(c3ccc(Cl)cn3)CC2)CN1CCc1ccccn1. The molecule has 2 aromatic rings. The maximum Gasteiger partial charge on any atom is 0.227 e. The maximum absolute atomic E-state index is 13.1. The largest absolute Gasteiger partial charge is 0.353 e. The zero-order valence-corrected chi connectivity index (χ0v) is 17.7. The van der Waals surface area contributed by atoms with Crippen molar-refractivity contribution in [1.82, 2.24) is 19.8 Å². The first-order valence-electron chi connectivity index (χ1n) is 10.4. The first-order chi connectivity index (χ1) is 14.6. The summed E-state index contributed by atoms with van der Waals surface area (Å²) in [5, 5.41) is 0.618. The second-order valence-corrected chi connectivity index (χ2v) is 8.23. The standard InChI is InChI=1S/C22H26ClN5O2/c23-18-5-6-20(25-15-18)26-11-13-27(14-12-26)22(30)17-4-7-21(29)28(16-17)10-8-19-3-1-2-9-24-19/h1-3,5-6,9,15,17H,4,7-8,10-14,16H2/t17-/m0/s1. The fourth-order valence-electron chi connectivity index (χ4n) is 4.10. The Kier molecular flexibility index (Phi) is 6.47. The van der Waals surface area contributed by atoms with Gasteiger partial charge in [0, 0.05) is 70.2 Å². The highest BCUT2D eigenvalue weighted by Crippen LogP contribution is 2.22. The number of likely N-dealkylation sites (tertiary alicyclic amines) is 1. The van der Waals surface area contributed by atoms with E-state index in [1.165, 1.54) is 0 Å². The molecule has 0 bridgehead atoms. The summed E-state index contributed by atoms with van der Waals surface area (Å²) in [5.74, 6) is 1.06. The lowest BCUT2D eigenvalue weighted by Crippen LogP contribution is -2.53. The van der Waals surface area contributed by atoms with Gasteiger partial charge in [0.25, 0.3) is 0 Å². The topological polar surface area (TPSA) is 69.6 Å². The third-order valence-corrected chi connectivity index (χ3v) is 6.06. The van der Waals surface area contributed by atoms with Crippen LogP contribution in [0.3, 0.4) is 0 Å². The molecule has 0 aliphatic carbocycles. The van der Waals surface area contributed by atoms with Gasteiger partial charge in [0.1, 0.15) is 5.82 Å². The number of piperidine rings is 1. The predicted molar refractivity (Wildman–Crippen MR) is 115 cm³/mol. The van der Waals surface area contributed by atoms with Gasteiger partial charge in [-0.25, -0.2) is 4.98 Å². The fraction of sp³-hybridized carbons (Fsp3) is 0.455. The van der Waals surface area contributed by atoms with Crippen molar-refractivity contribution >= 4 is 29.2 Å². The molecule has 2 aliphatic heterocycles. The molecule has 4 heterocycles. The van der Waals surface area contributed by atoms with Crippen LogP contribution in [0.1, 0.15) is 18.5 Å². The van der Waals surface area contributed by atoms with Crippen LogP contribution in [0.2, 0.25) is 5.02 Å². The van der Waals surface area contributed by atoms with Crippen LogP contribution < -0.4 is 4.90 Å². The lowest BCUT2D eigenvalue weighted by Gasteiger charge is -2.39. The maximum atomic E-state index is 13.1. The van der Waals surface area contributed by atoms with Crippen molar-refractivity contribution in [3.8, 4) is 0 Å². The van der Waals surface area contributed by atoms with Crippen LogP contribution in [-0.4, -0.2) is 70.9 Å². The molecule has 2 saturated heterocycles. The minimum absolute atomic E-state index is 0.119. The van der Waals surface area contributed by atoms with Gasteiger partial charge in [0.2, 0.25) is 11.8 Å². The van der Waals surface area contributed by atoms with E-state index in [2.05, 4.69) is 14.9 Å². The third kappa shape index (κ3) is 4.90. The Morgan fingerprint density at radius 1 is 1.10 bits per heavy atom. The number of hydrogen-bond acceptors (Lipinski definition) is 5. The smallest absolute Gasteiger partial charge is 0.227 e. The molecule has 0 spiro atoms. The second kappa shape index (κ2) is 9.43. The monoisotopic (exact) mass is 427 g/mol. The molecule has 0 N–H and O–H groups in total. The lowest BCUT2D eigenvalue weighted by molar-refractivity contribution is -0.143. The number of hydrogen-bond donors (Lipinski definition) is 0. The van der Waals surface area contributed by atoms with E-state index in [1.54, 1.807) is 12.4 Å². The van der Waals surface area contributed by atoms with Crippen LogP contribution in [-0.2, 0) is 16.0 Å². The normalized spacial score (nSPS) is 19.8. The average molecular weight is 428 g/mol. The number of carbonyl (C=O) groups is 2. The number of pyridine rings is 2. The minimum atomic E-state index is -0.119. The second-order valence-electron chi connectivity index (χ2n) is 7.79. The van der Waals surface area contributed by atoms with Gasteiger partial charge in [-0.3, -0.25) is 14.6 Å². The molecule has 2 amide bonds. The predicted octanol–water partition coefficient (Wildman–Crippen LogP) is 2.26. The van der Waals surface area contributed by atoms with Crippen molar-refractivity contribution < 1.29 is 9.59 Å². The quantitative estimate of drug-likeness (QED) is 0.732. The van der Waals surface area contributed by atoms with Gasteiger partial charge in [0.15, 0.2) is 0 Å². The lowest BCUT2D eigenvalue weighted by atomic mass is 9.95. The number of anilines is 1. The van der Waals surface area contributed by atoms with Crippen molar-refractivity contribution in [2.24, 2.45) is 5.92 Å². The molecule has 7 nitrogen and oxygen atoms in total. The number of aromatic nitrogens is 2. The molecule has 1 atom stereocenters.